The normalized spacial score (nSPS) is 26.3. The van der Waals surface area contributed by atoms with Crippen LogP contribution in [-0.4, -0.2) is 35.1 Å². The van der Waals surface area contributed by atoms with E-state index in [1.54, 1.807) is 12.1 Å². The van der Waals surface area contributed by atoms with Gasteiger partial charge >= 0.3 is 5.69 Å². The average molecular weight is 294 g/mol. The molecular formula is C15H19FN2O3. The quantitative estimate of drug-likeness (QED) is 0.635. The highest BCUT2D eigenvalue weighted by molar-refractivity contribution is 5.36. The molecule has 1 saturated carbocycles. The molecular weight excluding hydrogens is 275 g/mol. The Morgan fingerprint density at radius 1 is 1.38 bits per heavy atom. The molecule has 6 heteroatoms. The lowest BCUT2D eigenvalue weighted by atomic mass is 9.90. The monoisotopic (exact) mass is 294 g/mol. The number of ether oxygens (including phenoxy) is 1. The van der Waals surface area contributed by atoms with Gasteiger partial charge in [-0.3, -0.25) is 15.0 Å². The van der Waals surface area contributed by atoms with Crippen molar-refractivity contribution in [1.82, 2.24) is 4.90 Å². The molecule has 1 heterocycles. The van der Waals surface area contributed by atoms with Crippen LogP contribution in [0.5, 0.6) is 0 Å². The van der Waals surface area contributed by atoms with Gasteiger partial charge in [0.05, 0.1) is 17.6 Å². The van der Waals surface area contributed by atoms with Crippen LogP contribution in [0.25, 0.3) is 0 Å². The standard InChI is InChI=1S/C15H19FN2O3/c16-15-11(4-3-6-13(15)18(19)20)10-17-8-9-21-14-7-2-1-5-12(14)17/h3-4,6,12,14H,1-2,5,7-10H2. The summed E-state index contributed by atoms with van der Waals surface area (Å²) in [4.78, 5) is 12.4. The Labute approximate surface area is 122 Å². The summed E-state index contributed by atoms with van der Waals surface area (Å²) >= 11 is 0. The van der Waals surface area contributed by atoms with Crippen LogP contribution < -0.4 is 0 Å². The van der Waals surface area contributed by atoms with Crippen LogP contribution in [0, 0.1) is 15.9 Å². The molecule has 0 amide bonds. The van der Waals surface area contributed by atoms with Gasteiger partial charge in [0, 0.05) is 30.8 Å². The van der Waals surface area contributed by atoms with E-state index >= 15 is 0 Å². The molecule has 1 aromatic rings. The van der Waals surface area contributed by atoms with E-state index in [-0.39, 0.29) is 6.10 Å². The van der Waals surface area contributed by atoms with Crippen molar-refractivity contribution in [2.75, 3.05) is 13.2 Å². The average Bonchev–Trinajstić information content (AvgIpc) is 2.49. The molecule has 0 aromatic heterocycles. The topological polar surface area (TPSA) is 55.6 Å². The largest absolute Gasteiger partial charge is 0.375 e. The summed E-state index contributed by atoms with van der Waals surface area (Å²) in [5, 5.41) is 10.8. The first-order valence-electron chi connectivity index (χ1n) is 7.44. The second kappa shape index (κ2) is 6.07. The highest BCUT2D eigenvalue weighted by atomic mass is 19.1. The summed E-state index contributed by atoms with van der Waals surface area (Å²) in [5.41, 5.74) is -0.0450. The minimum absolute atomic E-state index is 0.231. The third-order valence-corrected chi connectivity index (χ3v) is 4.48. The Bertz CT molecular complexity index is 536. The fraction of sp³-hybridized carbons (Fsp3) is 0.600. The maximum atomic E-state index is 14.2. The van der Waals surface area contributed by atoms with Crippen molar-refractivity contribution < 1.29 is 14.1 Å². The fourth-order valence-electron chi connectivity index (χ4n) is 3.42. The predicted molar refractivity (Wildman–Crippen MR) is 75.5 cm³/mol. The lowest BCUT2D eigenvalue weighted by Crippen LogP contribution is -2.52. The SMILES string of the molecule is O=[N+]([O-])c1cccc(CN2CCOC3CCCCC32)c1F. The molecule has 3 rings (SSSR count). The van der Waals surface area contributed by atoms with Crippen molar-refractivity contribution in [2.24, 2.45) is 0 Å². The molecule has 2 atom stereocenters. The van der Waals surface area contributed by atoms with Gasteiger partial charge in [-0.15, -0.1) is 0 Å². The van der Waals surface area contributed by atoms with E-state index in [0.29, 0.717) is 24.8 Å². The summed E-state index contributed by atoms with van der Waals surface area (Å²) in [6.45, 7) is 1.82. The molecule has 2 unspecified atom stereocenters. The van der Waals surface area contributed by atoms with Crippen molar-refractivity contribution >= 4 is 5.69 Å². The molecule has 1 aliphatic heterocycles. The van der Waals surface area contributed by atoms with Gasteiger partial charge in [0.1, 0.15) is 0 Å². The highest BCUT2D eigenvalue weighted by Crippen LogP contribution is 2.30. The van der Waals surface area contributed by atoms with Gasteiger partial charge in [-0.25, -0.2) is 0 Å². The summed E-state index contributed by atoms with van der Waals surface area (Å²) < 4.78 is 20.0. The van der Waals surface area contributed by atoms with Crippen LogP contribution in [-0.2, 0) is 11.3 Å². The number of rotatable bonds is 3. The number of fused-ring (bicyclic) bond motifs is 1. The van der Waals surface area contributed by atoms with Crippen molar-refractivity contribution in [3.63, 3.8) is 0 Å². The fourth-order valence-corrected chi connectivity index (χ4v) is 3.42. The highest BCUT2D eigenvalue weighted by Gasteiger charge is 2.34. The first-order chi connectivity index (χ1) is 10.2. The molecule has 1 saturated heterocycles. The van der Waals surface area contributed by atoms with Crippen LogP contribution in [0.4, 0.5) is 10.1 Å². The Morgan fingerprint density at radius 3 is 3.00 bits per heavy atom. The zero-order valence-electron chi connectivity index (χ0n) is 11.8. The molecule has 2 aliphatic rings. The molecule has 0 radical (unpaired) electrons. The number of nitro groups is 1. The number of halogens is 1. The maximum Gasteiger partial charge on any atom is 0.305 e. The third-order valence-electron chi connectivity index (χ3n) is 4.48. The van der Waals surface area contributed by atoms with Crippen LogP contribution in [0.15, 0.2) is 18.2 Å². The van der Waals surface area contributed by atoms with Crippen LogP contribution >= 0.6 is 0 Å². The third kappa shape index (κ3) is 2.91. The van der Waals surface area contributed by atoms with Gasteiger partial charge in [-0.1, -0.05) is 25.0 Å². The molecule has 1 aromatic carbocycles. The number of morpholine rings is 1. The number of nitrogens with zero attached hydrogens (tertiary/aromatic N) is 2. The van der Waals surface area contributed by atoms with Crippen LogP contribution in [0.1, 0.15) is 31.2 Å². The van der Waals surface area contributed by atoms with Gasteiger partial charge < -0.3 is 4.74 Å². The molecule has 21 heavy (non-hydrogen) atoms. The molecule has 2 fully saturated rings. The van der Waals surface area contributed by atoms with Crippen molar-refractivity contribution in [3.05, 3.63) is 39.7 Å². The summed E-state index contributed by atoms with van der Waals surface area (Å²) in [6, 6.07) is 4.71. The van der Waals surface area contributed by atoms with Crippen molar-refractivity contribution in [2.45, 2.75) is 44.4 Å². The van der Waals surface area contributed by atoms with E-state index in [0.717, 1.165) is 19.4 Å². The Hall–Kier alpha value is -1.53. The molecule has 1 aliphatic carbocycles. The zero-order valence-corrected chi connectivity index (χ0v) is 11.8. The van der Waals surface area contributed by atoms with Crippen LogP contribution in [0.3, 0.4) is 0 Å². The minimum atomic E-state index is -0.707. The Morgan fingerprint density at radius 2 is 2.19 bits per heavy atom. The summed E-state index contributed by atoms with van der Waals surface area (Å²) in [7, 11) is 0. The second-order valence-electron chi connectivity index (χ2n) is 5.74. The predicted octanol–water partition coefficient (Wildman–Crippen LogP) is 2.88. The van der Waals surface area contributed by atoms with Crippen molar-refractivity contribution in [1.29, 1.82) is 0 Å². The summed E-state index contributed by atoms with van der Waals surface area (Å²) in [6.07, 6.45) is 4.69. The van der Waals surface area contributed by atoms with Gasteiger partial charge in [0.2, 0.25) is 5.82 Å². The number of hydrogen-bond acceptors (Lipinski definition) is 4. The van der Waals surface area contributed by atoms with E-state index in [1.165, 1.54) is 18.9 Å². The Balaban J connectivity index is 1.79. The number of benzene rings is 1. The van der Waals surface area contributed by atoms with Gasteiger partial charge in [0.15, 0.2) is 0 Å². The first-order valence-corrected chi connectivity index (χ1v) is 7.44. The molecule has 114 valence electrons. The Kier molecular flexibility index (Phi) is 4.17. The van der Waals surface area contributed by atoms with Gasteiger partial charge in [-0.2, -0.15) is 4.39 Å². The smallest absolute Gasteiger partial charge is 0.305 e. The van der Waals surface area contributed by atoms with E-state index in [9.17, 15) is 14.5 Å². The van der Waals surface area contributed by atoms with E-state index < -0.39 is 16.4 Å². The second-order valence-corrected chi connectivity index (χ2v) is 5.74. The first kappa shape index (κ1) is 14.4. The molecule has 5 nitrogen and oxygen atoms in total. The zero-order chi connectivity index (χ0) is 14.8. The van der Waals surface area contributed by atoms with E-state index in [1.807, 2.05) is 0 Å². The summed E-state index contributed by atoms with van der Waals surface area (Å²) in [5.74, 6) is -0.707. The number of hydrogen-bond donors (Lipinski definition) is 0. The maximum absolute atomic E-state index is 14.2. The van der Waals surface area contributed by atoms with Gasteiger partial charge in [-0.05, 0) is 12.8 Å². The van der Waals surface area contributed by atoms with E-state index in [2.05, 4.69) is 4.90 Å². The van der Waals surface area contributed by atoms with E-state index in [4.69, 9.17) is 4.74 Å². The van der Waals surface area contributed by atoms with Crippen molar-refractivity contribution in [3.8, 4) is 0 Å². The van der Waals surface area contributed by atoms with Crippen LogP contribution in [0.2, 0.25) is 0 Å². The number of nitro benzene ring substituents is 1. The molecule has 0 N–H and O–H groups in total. The minimum Gasteiger partial charge on any atom is -0.375 e. The van der Waals surface area contributed by atoms with Gasteiger partial charge in [0.25, 0.3) is 0 Å². The molecule has 0 spiro atoms. The molecule has 0 bridgehead atoms. The lowest BCUT2D eigenvalue weighted by molar-refractivity contribution is -0.387. The lowest BCUT2D eigenvalue weighted by Gasteiger charge is -2.43.